The molecular weight excluding hydrogens is 170 g/mol. The molecule has 1 N–H and O–H groups in total. The van der Waals surface area contributed by atoms with Crippen molar-refractivity contribution < 1.29 is 4.79 Å². The maximum atomic E-state index is 10.7. The molecule has 3 heteroatoms. The van der Waals surface area contributed by atoms with Crippen LogP contribution in [0.2, 0.25) is 0 Å². The maximum absolute atomic E-state index is 10.7. The van der Waals surface area contributed by atoms with Crippen molar-refractivity contribution in [2.24, 2.45) is 0 Å². The quantitative estimate of drug-likeness (QED) is 0.683. The lowest BCUT2D eigenvalue weighted by Gasteiger charge is -2.19. The number of thioether (sulfide) groups is 1. The van der Waals surface area contributed by atoms with Crippen LogP contribution in [0.25, 0.3) is 0 Å². The van der Waals surface area contributed by atoms with Gasteiger partial charge in [0.1, 0.15) is 6.29 Å². The topological polar surface area (TPSA) is 29.1 Å². The molecule has 1 rings (SSSR count). The van der Waals surface area contributed by atoms with E-state index >= 15 is 0 Å². The Morgan fingerprint density at radius 3 is 2.67 bits per heavy atom. The number of nitrogens with one attached hydrogen (secondary N) is 1. The lowest BCUT2D eigenvalue weighted by Crippen LogP contribution is -2.39. The molecule has 1 unspecified atom stereocenters. The third-order valence-electron chi connectivity index (χ3n) is 2.25. The van der Waals surface area contributed by atoms with Gasteiger partial charge in [-0.2, -0.15) is 0 Å². The molecular formula is C9H17NOS. The molecule has 0 aromatic rings. The van der Waals surface area contributed by atoms with Gasteiger partial charge in [0, 0.05) is 4.75 Å². The van der Waals surface area contributed by atoms with Crippen molar-refractivity contribution in [3.8, 4) is 0 Å². The summed E-state index contributed by atoms with van der Waals surface area (Å²) in [5, 5.41) is 3.80. The summed E-state index contributed by atoms with van der Waals surface area (Å²) in [7, 11) is 0. The van der Waals surface area contributed by atoms with E-state index in [1.807, 2.05) is 11.8 Å². The molecule has 0 bridgehead atoms. The highest BCUT2D eigenvalue weighted by Crippen LogP contribution is 2.38. The molecule has 0 spiro atoms. The predicted molar refractivity (Wildman–Crippen MR) is 53.4 cm³/mol. The van der Waals surface area contributed by atoms with Crippen LogP contribution in [0.15, 0.2) is 0 Å². The van der Waals surface area contributed by atoms with Crippen LogP contribution in [0, 0.1) is 0 Å². The van der Waals surface area contributed by atoms with Gasteiger partial charge in [-0.3, -0.25) is 5.32 Å². The third-order valence-corrected chi connectivity index (χ3v) is 3.77. The Balaban J connectivity index is 2.54. The summed E-state index contributed by atoms with van der Waals surface area (Å²) in [6, 6.07) is 0.0269. The minimum Gasteiger partial charge on any atom is -0.302 e. The van der Waals surface area contributed by atoms with Crippen LogP contribution in [-0.2, 0) is 4.79 Å². The van der Waals surface area contributed by atoms with E-state index in [-0.39, 0.29) is 10.8 Å². The standard InChI is InChI=1S/C9H17NOS/c1-4-5-8-10-7(6-11)9(2,3)12-8/h6-8,10H,4-5H2,1-3H3/t7-,8?/m1/s1. The van der Waals surface area contributed by atoms with Crippen molar-refractivity contribution in [3.63, 3.8) is 0 Å². The molecule has 0 aliphatic carbocycles. The Bertz CT molecular complexity index is 170. The van der Waals surface area contributed by atoms with E-state index in [2.05, 4.69) is 26.1 Å². The molecule has 70 valence electrons. The highest BCUT2D eigenvalue weighted by molar-refractivity contribution is 8.01. The number of rotatable bonds is 3. The molecule has 0 amide bonds. The van der Waals surface area contributed by atoms with E-state index in [1.165, 1.54) is 6.42 Å². The average Bonchev–Trinajstić information content (AvgIpc) is 2.25. The second-order valence-corrected chi connectivity index (χ2v) is 5.64. The van der Waals surface area contributed by atoms with Gasteiger partial charge < -0.3 is 4.79 Å². The summed E-state index contributed by atoms with van der Waals surface area (Å²) in [5.74, 6) is 0. The summed E-state index contributed by atoms with van der Waals surface area (Å²) in [6.07, 6.45) is 3.35. The smallest absolute Gasteiger partial charge is 0.138 e. The second kappa shape index (κ2) is 3.79. The first kappa shape index (κ1) is 10.1. The molecule has 2 nitrogen and oxygen atoms in total. The normalized spacial score (nSPS) is 33.6. The molecule has 0 aromatic carbocycles. The van der Waals surface area contributed by atoms with E-state index in [1.54, 1.807) is 0 Å². The Morgan fingerprint density at radius 1 is 1.58 bits per heavy atom. The van der Waals surface area contributed by atoms with E-state index in [0.717, 1.165) is 12.7 Å². The molecule has 12 heavy (non-hydrogen) atoms. The van der Waals surface area contributed by atoms with Gasteiger partial charge in [-0.05, 0) is 20.3 Å². The molecule has 0 radical (unpaired) electrons. The first-order valence-electron chi connectivity index (χ1n) is 4.49. The van der Waals surface area contributed by atoms with Crippen molar-refractivity contribution in [3.05, 3.63) is 0 Å². The maximum Gasteiger partial charge on any atom is 0.138 e. The number of hydrogen-bond donors (Lipinski definition) is 1. The van der Waals surface area contributed by atoms with Gasteiger partial charge in [-0.25, -0.2) is 0 Å². The second-order valence-electron chi connectivity index (χ2n) is 3.78. The monoisotopic (exact) mass is 187 g/mol. The lowest BCUT2D eigenvalue weighted by atomic mass is 10.1. The van der Waals surface area contributed by atoms with Gasteiger partial charge in [0.25, 0.3) is 0 Å². The predicted octanol–water partition coefficient (Wildman–Crippen LogP) is 1.80. The van der Waals surface area contributed by atoms with E-state index in [9.17, 15) is 4.79 Å². The Labute approximate surface area is 78.5 Å². The zero-order valence-electron chi connectivity index (χ0n) is 7.96. The van der Waals surface area contributed by atoms with Crippen molar-refractivity contribution in [1.29, 1.82) is 0 Å². The number of carbonyl (C=O) groups excluding carboxylic acids is 1. The fraction of sp³-hybridized carbons (Fsp3) is 0.889. The SMILES string of the molecule is CCCC1N[C@H](C=O)C(C)(C)S1. The number of carbonyl (C=O) groups is 1. The van der Waals surface area contributed by atoms with Crippen LogP contribution in [0.3, 0.4) is 0 Å². The zero-order valence-corrected chi connectivity index (χ0v) is 8.78. The van der Waals surface area contributed by atoms with Gasteiger partial charge in [0.15, 0.2) is 0 Å². The minimum atomic E-state index is 0.0269. The van der Waals surface area contributed by atoms with Gasteiger partial charge in [-0.1, -0.05) is 13.3 Å². The van der Waals surface area contributed by atoms with E-state index < -0.39 is 0 Å². The van der Waals surface area contributed by atoms with Crippen LogP contribution >= 0.6 is 11.8 Å². The lowest BCUT2D eigenvalue weighted by molar-refractivity contribution is -0.109. The van der Waals surface area contributed by atoms with E-state index in [4.69, 9.17) is 0 Å². The Hall–Kier alpha value is -0.0200. The first-order valence-corrected chi connectivity index (χ1v) is 5.37. The summed E-state index contributed by atoms with van der Waals surface area (Å²) in [5.41, 5.74) is 0. The first-order chi connectivity index (χ1) is 5.60. The fourth-order valence-corrected chi connectivity index (χ4v) is 3.05. The molecule has 1 saturated heterocycles. The highest BCUT2D eigenvalue weighted by Gasteiger charge is 2.39. The van der Waals surface area contributed by atoms with Gasteiger partial charge in [-0.15, -0.1) is 11.8 Å². The molecule has 1 aliphatic heterocycles. The van der Waals surface area contributed by atoms with Crippen molar-refractivity contribution >= 4 is 18.0 Å². The molecule has 1 fully saturated rings. The highest BCUT2D eigenvalue weighted by atomic mass is 32.2. The Kier molecular flexibility index (Phi) is 3.18. The van der Waals surface area contributed by atoms with Gasteiger partial charge >= 0.3 is 0 Å². The summed E-state index contributed by atoms with van der Waals surface area (Å²) < 4.78 is 0.0710. The van der Waals surface area contributed by atoms with Crippen molar-refractivity contribution in [1.82, 2.24) is 5.32 Å². The van der Waals surface area contributed by atoms with Crippen molar-refractivity contribution in [2.45, 2.75) is 49.8 Å². The summed E-state index contributed by atoms with van der Waals surface area (Å²) >= 11 is 1.88. The summed E-state index contributed by atoms with van der Waals surface area (Å²) in [6.45, 7) is 6.42. The van der Waals surface area contributed by atoms with Crippen LogP contribution in [0.5, 0.6) is 0 Å². The molecule has 0 aromatic heterocycles. The number of hydrogen-bond acceptors (Lipinski definition) is 3. The van der Waals surface area contributed by atoms with E-state index in [0.29, 0.717) is 5.37 Å². The number of aldehydes is 1. The van der Waals surface area contributed by atoms with Gasteiger partial charge in [0.2, 0.25) is 0 Å². The fourth-order valence-electron chi connectivity index (χ4n) is 1.48. The van der Waals surface area contributed by atoms with Crippen molar-refractivity contribution in [2.75, 3.05) is 0 Å². The van der Waals surface area contributed by atoms with Crippen LogP contribution < -0.4 is 5.32 Å². The summed E-state index contributed by atoms with van der Waals surface area (Å²) in [4.78, 5) is 10.7. The molecule has 2 atom stereocenters. The third kappa shape index (κ3) is 2.02. The van der Waals surface area contributed by atoms with Crippen LogP contribution in [0.1, 0.15) is 33.6 Å². The minimum absolute atomic E-state index is 0.0269. The molecule has 1 aliphatic rings. The van der Waals surface area contributed by atoms with Gasteiger partial charge in [0.05, 0.1) is 11.4 Å². The average molecular weight is 187 g/mol. The molecule has 0 saturated carbocycles. The van der Waals surface area contributed by atoms with Crippen LogP contribution in [0.4, 0.5) is 0 Å². The Morgan fingerprint density at radius 2 is 2.25 bits per heavy atom. The molecule has 1 heterocycles. The zero-order chi connectivity index (χ0) is 9.19. The van der Waals surface area contributed by atoms with Crippen LogP contribution in [-0.4, -0.2) is 22.4 Å². The largest absolute Gasteiger partial charge is 0.302 e.